The van der Waals surface area contributed by atoms with Crippen LogP contribution < -0.4 is 0 Å². The lowest BCUT2D eigenvalue weighted by molar-refractivity contribution is -0.108. The molecular formula is C9H8ClFO. The van der Waals surface area contributed by atoms with Gasteiger partial charge in [0.2, 0.25) is 0 Å². The first-order valence-electron chi connectivity index (χ1n) is 3.56. The fraction of sp³-hybridized carbons (Fsp3) is 0.222. The molecule has 0 heterocycles. The molecule has 0 saturated heterocycles. The average Bonchev–Trinajstić information content (AvgIpc) is 2.03. The third-order valence-corrected chi connectivity index (χ3v) is 1.99. The van der Waals surface area contributed by atoms with E-state index in [1.165, 1.54) is 12.1 Å². The average molecular weight is 187 g/mol. The molecule has 3 heteroatoms. The molecule has 0 saturated carbocycles. The highest BCUT2D eigenvalue weighted by Crippen LogP contribution is 2.25. The van der Waals surface area contributed by atoms with Crippen molar-refractivity contribution in [1.29, 1.82) is 0 Å². The van der Waals surface area contributed by atoms with Crippen LogP contribution >= 0.6 is 11.6 Å². The Bertz CT molecular complexity index is 278. The van der Waals surface area contributed by atoms with Gasteiger partial charge >= 0.3 is 0 Å². The van der Waals surface area contributed by atoms with E-state index >= 15 is 0 Å². The summed E-state index contributed by atoms with van der Waals surface area (Å²) >= 11 is 5.70. The van der Waals surface area contributed by atoms with Crippen LogP contribution in [0.4, 0.5) is 4.39 Å². The van der Waals surface area contributed by atoms with Crippen molar-refractivity contribution in [3.05, 3.63) is 34.6 Å². The molecule has 0 aromatic heterocycles. The number of hydrogen-bond donors (Lipinski definition) is 0. The normalized spacial score (nSPS) is 12.6. The van der Waals surface area contributed by atoms with Gasteiger partial charge in [-0.3, -0.25) is 0 Å². The molecular weight excluding hydrogens is 179 g/mol. The topological polar surface area (TPSA) is 17.1 Å². The maximum atomic E-state index is 13.0. The summed E-state index contributed by atoms with van der Waals surface area (Å²) in [6.45, 7) is 1.61. The van der Waals surface area contributed by atoms with Gasteiger partial charge in [0.15, 0.2) is 0 Å². The molecule has 0 aliphatic carbocycles. The van der Waals surface area contributed by atoms with E-state index in [0.29, 0.717) is 11.3 Å². The predicted molar refractivity (Wildman–Crippen MR) is 45.9 cm³/mol. The lowest BCUT2D eigenvalue weighted by atomic mass is 10.0. The van der Waals surface area contributed by atoms with Gasteiger partial charge in [0.25, 0.3) is 0 Å². The number of hydrogen-bond acceptors (Lipinski definition) is 1. The molecule has 1 nitrogen and oxygen atoms in total. The lowest BCUT2D eigenvalue weighted by Gasteiger charge is -2.07. The van der Waals surface area contributed by atoms with Crippen molar-refractivity contribution in [2.45, 2.75) is 12.8 Å². The van der Waals surface area contributed by atoms with Gasteiger partial charge < -0.3 is 4.79 Å². The summed E-state index contributed by atoms with van der Waals surface area (Å²) in [6.07, 6.45) is 0.671. The maximum Gasteiger partial charge on any atom is 0.128 e. The molecule has 1 aromatic carbocycles. The molecule has 0 radical (unpaired) electrons. The van der Waals surface area contributed by atoms with E-state index in [1.54, 1.807) is 13.0 Å². The molecule has 0 aliphatic heterocycles. The number of carbonyl (C=O) groups is 1. The molecule has 1 rings (SSSR count). The summed E-state index contributed by atoms with van der Waals surface area (Å²) in [5.41, 5.74) is 0.272. The van der Waals surface area contributed by atoms with Gasteiger partial charge in [-0.1, -0.05) is 24.6 Å². The molecule has 1 atom stereocenters. The Morgan fingerprint density at radius 2 is 2.25 bits per heavy atom. The highest BCUT2D eigenvalue weighted by atomic mass is 35.5. The van der Waals surface area contributed by atoms with Crippen LogP contribution in [0.5, 0.6) is 0 Å². The minimum atomic E-state index is -0.487. The van der Waals surface area contributed by atoms with E-state index in [0.717, 1.165) is 0 Å². The molecule has 0 spiro atoms. The zero-order chi connectivity index (χ0) is 9.14. The molecule has 1 unspecified atom stereocenters. The first-order valence-corrected chi connectivity index (χ1v) is 3.94. The standard InChI is InChI=1S/C9H8ClFO/c1-6(5-12)9-7(10)3-2-4-8(9)11/h2-6H,1H3. The van der Waals surface area contributed by atoms with E-state index in [1.807, 2.05) is 0 Å². The minimum Gasteiger partial charge on any atom is -0.303 e. The molecule has 12 heavy (non-hydrogen) atoms. The highest BCUT2D eigenvalue weighted by Gasteiger charge is 2.12. The van der Waals surface area contributed by atoms with Crippen LogP contribution in [0.1, 0.15) is 18.4 Å². The van der Waals surface area contributed by atoms with Crippen molar-refractivity contribution in [1.82, 2.24) is 0 Å². The van der Waals surface area contributed by atoms with Gasteiger partial charge in [0.05, 0.1) is 0 Å². The fourth-order valence-electron chi connectivity index (χ4n) is 1.01. The summed E-state index contributed by atoms with van der Waals surface area (Å²) in [6, 6.07) is 4.37. The predicted octanol–water partition coefficient (Wildman–Crippen LogP) is 2.78. The zero-order valence-corrected chi connectivity index (χ0v) is 7.31. The second-order valence-corrected chi connectivity index (χ2v) is 2.97. The van der Waals surface area contributed by atoms with Gasteiger partial charge in [0, 0.05) is 16.5 Å². The van der Waals surface area contributed by atoms with Gasteiger partial charge in [0.1, 0.15) is 12.1 Å². The van der Waals surface area contributed by atoms with Crippen molar-refractivity contribution in [2.24, 2.45) is 0 Å². The monoisotopic (exact) mass is 186 g/mol. The minimum absolute atomic E-state index is 0.272. The highest BCUT2D eigenvalue weighted by molar-refractivity contribution is 6.31. The molecule has 64 valence electrons. The summed E-state index contributed by atoms with van der Waals surface area (Å²) in [5.74, 6) is -0.916. The van der Waals surface area contributed by atoms with E-state index in [2.05, 4.69) is 0 Å². The molecule has 1 aromatic rings. The van der Waals surface area contributed by atoms with Gasteiger partial charge in [-0.15, -0.1) is 0 Å². The summed E-state index contributed by atoms with van der Waals surface area (Å²) in [5, 5.41) is 0.301. The van der Waals surface area contributed by atoms with E-state index < -0.39 is 11.7 Å². The van der Waals surface area contributed by atoms with Crippen molar-refractivity contribution in [2.75, 3.05) is 0 Å². The number of halogens is 2. The number of carbonyl (C=O) groups excluding carboxylic acids is 1. The fourth-order valence-corrected chi connectivity index (χ4v) is 1.35. The van der Waals surface area contributed by atoms with Crippen LogP contribution in [-0.4, -0.2) is 6.29 Å². The van der Waals surface area contributed by atoms with Crippen LogP contribution in [-0.2, 0) is 4.79 Å². The van der Waals surface area contributed by atoms with E-state index in [9.17, 15) is 9.18 Å². The summed E-state index contributed by atoms with van der Waals surface area (Å²) in [7, 11) is 0. The molecule has 0 amide bonds. The summed E-state index contributed by atoms with van der Waals surface area (Å²) < 4.78 is 13.0. The Hall–Kier alpha value is -0.890. The van der Waals surface area contributed by atoms with Crippen molar-refractivity contribution >= 4 is 17.9 Å². The van der Waals surface area contributed by atoms with Crippen LogP contribution in [0.25, 0.3) is 0 Å². The van der Waals surface area contributed by atoms with Crippen molar-refractivity contribution in [3.63, 3.8) is 0 Å². The number of benzene rings is 1. The Morgan fingerprint density at radius 3 is 2.75 bits per heavy atom. The second-order valence-electron chi connectivity index (χ2n) is 2.56. The van der Waals surface area contributed by atoms with Crippen molar-refractivity contribution in [3.8, 4) is 0 Å². The Balaban J connectivity index is 3.20. The third-order valence-electron chi connectivity index (χ3n) is 1.66. The Labute approximate surface area is 75.2 Å². The van der Waals surface area contributed by atoms with Crippen molar-refractivity contribution < 1.29 is 9.18 Å². The van der Waals surface area contributed by atoms with E-state index in [4.69, 9.17) is 11.6 Å². The Kier molecular flexibility index (Phi) is 2.82. The zero-order valence-electron chi connectivity index (χ0n) is 6.55. The Morgan fingerprint density at radius 1 is 1.58 bits per heavy atom. The van der Waals surface area contributed by atoms with Crippen LogP contribution in [0.2, 0.25) is 5.02 Å². The van der Waals surface area contributed by atoms with Crippen LogP contribution in [0.15, 0.2) is 18.2 Å². The lowest BCUT2D eigenvalue weighted by Crippen LogP contribution is -1.98. The third kappa shape index (κ3) is 1.64. The van der Waals surface area contributed by atoms with Gasteiger partial charge in [-0.05, 0) is 12.1 Å². The van der Waals surface area contributed by atoms with Crippen LogP contribution in [0, 0.1) is 5.82 Å². The van der Waals surface area contributed by atoms with Crippen LogP contribution in [0.3, 0.4) is 0 Å². The maximum absolute atomic E-state index is 13.0. The summed E-state index contributed by atoms with van der Waals surface area (Å²) in [4.78, 5) is 10.4. The first kappa shape index (κ1) is 9.20. The number of aldehydes is 1. The van der Waals surface area contributed by atoms with Gasteiger partial charge in [-0.2, -0.15) is 0 Å². The first-order chi connectivity index (χ1) is 5.66. The molecule has 0 aliphatic rings. The quantitative estimate of drug-likeness (QED) is 0.650. The molecule has 0 fully saturated rings. The number of rotatable bonds is 2. The molecule has 0 N–H and O–H groups in total. The largest absolute Gasteiger partial charge is 0.303 e. The SMILES string of the molecule is CC(C=O)c1c(F)cccc1Cl. The smallest absolute Gasteiger partial charge is 0.128 e. The molecule has 0 bridgehead atoms. The van der Waals surface area contributed by atoms with Gasteiger partial charge in [-0.25, -0.2) is 4.39 Å². The second kappa shape index (κ2) is 3.68. The van der Waals surface area contributed by atoms with E-state index in [-0.39, 0.29) is 5.56 Å².